The van der Waals surface area contributed by atoms with E-state index in [4.69, 9.17) is 0 Å². The van der Waals surface area contributed by atoms with Gasteiger partial charge in [-0.25, -0.2) is 0 Å². The summed E-state index contributed by atoms with van der Waals surface area (Å²) in [6, 6.07) is 8.31. The Morgan fingerprint density at radius 2 is 1.81 bits per heavy atom. The summed E-state index contributed by atoms with van der Waals surface area (Å²) >= 11 is 0. The first-order valence-corrected chi connectivity index (χ1v) is 8.30. The van der Waals surface area contributed by atoms with Crippen molar-refractivity contribution in [3.8, 4) is 0 Å². The molecule has 0 saturated carbocycles. The standard InChI is InChI=1S/C18H28N2O/c1-15(2)18(21)20-13-9-5-3-4-8-12-19-14-16-10-6-7-11-17(16)20/h6-7,10-11,15,19H,3-5,8-9,12-14H2,1-2H3. The van der Waals surface area contributed by atoms with E-state index in [2.05, 4.69) is 23.5 Å². The van der Waals surface area contributed by atoms with Gasteiger partial charge >= 0.3 is 0 Å². The van der Waals surface area contributed by atoms with Crippen LogP contribution in [0.3, 0.4) is 0 Å². The third-order valence-electron chi connectivity index (χ3n) is 4.09. The summed E-state index contributed by atoms with van der Waals surface area (Å²) in [5.74, 6) is 0.276. The molecule has 0 atom stereocenters. The molecule has 0 spiro atoms. The van der Waals surface area contributed by atoms with Gasteiger partial charge in [-0.05, 0) is 31.0 Å². The number of para-hydroxylation sites is 1. The van der Waals surface area contributed by atoms with Gasteiger partial charge in [-0.15, -0.1) is 0 Å². The zero-order valence-electron chi connectivity index (χ0n) is 13.4. The van der Waals surface area contributed by atoms with Crippen LogP contribution in [0.15, 0.2) is 24.3 Å². The SMILES string of the molecule is CC(C)C(=O)N1CCCCCCCNCc2ccccc21. The van der Waals surface area contributed by atoms with Crippen LogP contribution in [0.2, 0.25) is 0 Å². The fourth-order valence-electron chi connectivity index (χ4n) is 2.86. The Balaban J connectivity index is 2.26. The van der Waals surface area contributed by atoms with Crippen LogP contribution in [0.25, 0.3) is 0 Å². The molecule has 0 saturated heterocycles. The second-order valence-electron chi connectivity index (χ2n) is 6.22. The number of fused-ring (bicyclic) bond motifs is 1. The van der Waals surface area contributed by atoms with Crippen molar-refractivity contribution in [2.75, 3.05) is 18.0 Å². The van der Waals surface area contributed by atoms with Crippen LogP contribution in [-0.4, -0.2) is 19.0 Å². The van der Waals surface area contributed by atoms with E-state index in [1.165, 1.54) is 31.2 Å². The van der Waals surface area contributed by atoms with Crippen molar-refractivity contribution in [3.63, 3.8) is 0 Å². The predicted octanol–water partition coefficient (Wildman–Crippen LogP) is 3.73. The van der Waals surface area contributed by atoms with Gasteiger partial charge in [-0.3, -0.25) is 4.79 Å². The molecule has 1 N–H and O–H groups in total. The molecule has 116 valence electrons. The van der Waals surface area contributed by atoms with Crippen LogP contribution in [0.5, 0.6) is 0 Å². The quantitative estimate of drug-likeness (QED) is 0.854. The van der Waals surface area contributed by atoms with Gasteiger partial charge in [0.15, 0.2) is 0 Å². The summed E-state index contributed by atoms with van der Waals surface area (Å²) in [6.07, 6.45) is 6.11. The molecule has 21 heavy (non-hydrogen) atoms. The Kier molecular flexibility index (Phi) is 6.24. The maximum absolute atomic E-state index is 12.6. The lowest BCUT2D eigenvalue weighted by Crippen LogP contribution is -2.36. The molecule has 0 radical (unpaired) electrons. The third kappa shape index (κ3) is 4.57. The van der Waals surface area contributed by atoms with E-state index in [0.717, 1.165) is 31.7 Å². The van der Waals surface area contributed by atoms with Gasteiger partial charge in [0.2, 0.25) is 5.91 Å². The van der Waals surface area contributed by atoms with Crippen LogP contribution in [0, 0.1) is 5.92 Å². The largest absolute Gasteiger partial charge is 0.313 e. The number of nitrogens with one attached hydrogen (secondary N) is 1. The molecule has 0 aliphatic carbocycles. The molecule has 0 aromatic heterocycles. The van der Waals surface area contributed by atoms with Crippen LogP contribution < -0.4 is 10.2 Å². The van der Waals surface area contributed by atoms with Crippen molar-refractivity contribution in [2.24, 2.45) is 5.92 Å². The second kappa shape index (κ2) is 8.18. The minimum Gasteiger partial charge on any atom is -0.313 e. The average molecular weight is 288 g/mol. The Hall–Kier alpha value is -1.35. The van der Waals surface area contributed by atoms with Crippen molar-refractivity contribution in [3.05, 3.63) is 29.8 Å². The maximum Gasteiger partial charge on any atom is 0.229 e. The average Bonchev–Trinajstić information content (AvgIpc) is 2.47. The number of carbonyl (C=O) groups is 1. The second-order valence-corrected chi connectivity index (χ2v) is 6.22. The molecule has 2 rings (SSSR count). The molecule has 0 fully saturated rings. The zero-order chi connectivity index (χ0) is 15.1. The minimum atomic E-state index is 0.0407. The van der Waals surface area contributed by atoms with Crippen molar-refractivity contribution in [1.82, 2.24) is 5.32 Å². The molecule has 3 heteroatoms. The van der Waals surface area contributed by atoms with Crippen molar-refractivity contribution in [2.45, 2.75) is 52.5 Å². The Labute approximate surface area is 128 Å². The van der Waals surface area contributed by atoms with Gasteiger partial charge in [0.05, 0.1) is 0 Å². The monoisotopic (exact) mass is 288 g/mol. The number of benzene rings is 1. The summed E-state index contributed by atoms with van der Waals surface area (Å²) in [7, 11) is 0. The fraction of sp³-hybridized carbons (Fsp3) is 0.611. The first-order valence-electron chi connectivity index (χ1n) is 8.30. The van der Waals surface area contributed by atoms with E-state index < -0.39 is 0 Å². The topological polar surface area (TPSA) is 32.3 Å². The van der Waals surface area contributed by atoms with E-state index in [0.29, 0.717) is 0 Å². The molecule has 1 heterocycles. The van der Waals surface area contributed by atoms with Crippen LogP contribution in [-0.2, 0) is 11.3 Å². The molecular formula is C18H28N2O. The van der Waals surface area contributed by atoms with E-state index in [9.17, 15) is 4.79 Å². The maximum atomic E-state index is 12.6. The molecule has 1 amide bonds. The smallest absolute Gasteiger partial charge is 0.229 e. The van der Waals surface area contributed by atoms with Gasteiger partial charge in [-0.1, -0.05) is 51.3 Å². The van der Waals surface area contributed by atoms with E-state index in [1.54, 1.807) is 0 Å². The summed E-state index contributed by atoms with van der Waals surface area (Å²) < 4.78 is 0. The predicted molar refractivity (Wildman–Crippen MR) is 88.4 cm³/mol. The van der Waals surface area contributed by atoms with Crippen LogP contribution in [0.1, 0.15) is 51.5 Å². The van der Waals surface area contributed by atoms with Gasteiger partial charge in [0.1, 0.15) is 0 Å². The number of amides is 1. The summed E-state index contributed by atoms with van der Waals surface area (Å²) in [4.78, 5) is 14.6. The first kappa shape index (κ1) is 16.0. The first-order chi connectivity index (χ1) is 10.2. The number of nitrogens with zero attached hydrogens (tertiary/aromatic N) is 1. The molecule has 0 bridgehead atoms. The fourth-order valence-corrected chi connectivity index (χ4v) is 2.86. The van der Waals surface area contributed by atoms with Gasteiger partial charge in [-0.2, -0.15) is 0 Å². The molecule has 1 aromatic rings. The molecule has 1 aromatic carbocycles. The highest BCUT2D eigenvalue weighted by atomic mass is 16.2. The Morgan fingerprint density at radius 1 is 1.10 bits per heavy atom. The lowest BCUT2D eigenvalue weighted by atomic mass is 10.1. The molecular weight excluding hydrogens is 260 g/mol. The number of hydrogen-bond donors (Lipinski definition) is 1. The van der Waals surface area contributed by atoms with Gasteiger partial charge in [0.25, 0.3) is 0 Å². The van der Waals surface area contributed by atoms with Crippen molar-refractivity contribution in [1.29, 1.82) is 0 Å². The highest BCUT2D eigenvalue weighted by Gasteiger charge is 2.20. The summed E-state index contributed by atoms with van der Waals surface area (Å²) in [6.45, 7) is 6.72. The Morgan fingerprint density at radius 3 is 2.62 bits per heavy atom. The van der Waals surface area contributed by atoms with Gasteiger partial charge < -0.3 is 10.2 Å². The normalized spacial score (nSPS) is 17.8. The minimum absolute atomic E-state index is 0.0407. The molecule has 1 aliphatic heterocycles. The number of carbonyl (C=O) groups excluding carboxylic acids is 1. The van der Waals surface area contributed by atoms with Crippen molar-refractivity contribution < 1.29 is 4.79 Å². The molecule has 0 unspecified atom stereocenters. The molecule has 1 aliphatic rings. The van der Waals surface area contributed by atoms with E-state index in [1.807, 2.05) is 24.8 Å². The number of rotatable bonds is 1. The Bertz CT molecular complexity index is 456. The van der Waals surface area contributed by atoms with Crippen LogP contribution in [0.4, 0.5) is 5.69 Å². The summed E-state index contributed by atoms with van der Waals surface area (Å²) in [5, 5.41) is 3.51. The number of hydrogen-bond acceptors (Lipinski definition) is 2. The highest BCUT2D eigenvalue weighted by Crippen LogP contribution is 2.23. The van der Waals surface area contributed by atoms with Gasteiger partial charge in [0, 0.05) is 24.7 Å². The zero-order valence-corrected chi connectivity index (χ0v) is 13.4. The van der Waals surface area contributed by atoms with E-state index >= 15 is 0 Å². The third-order valence-corrected chi connectivity index (χ3v) is 4.09. The molecule has 3 nitrogen and oxygen atoms in total. The van der Waals surface area contributed by atoms with Crippen LogP contribution >= 0.6 is 0 Å². The highest BCUT2D eigenvalue weighted by molar-refractivity contribution is 5.95. The lowest BCUT2D eigenvalue weighted by Gasteiger charge is -2.27. The lowest BCUT2D eigenvalue weighted by molar-refractivity contribution is -0.121. The number of anilines is 1. The van der Waals surface area contributed by atoms with Crippen molar-refractivity contribution >= 4 is 11.6 Å². The van der Waals surface area contributed by atoms with E-state index in [-0.39, 0.29) is 11.8 Å². The summed E-state index contributed by atoms with van der Waals surface area (Å²) in [5.41, 5.74) is 2.32.